The molecule has 21 heavy (non-hydrogen) atoms. The zero-order valence-electron chi connectivity index (χ0n) is 13.0. The third-order valence-corrected chi connectivity index (χ3v) is 7.03. The number of benzene rings is 2. The Morgan fingerprint density at radius 1 is 1.10 bits per heavy atom. The van der Waals surface area contributed by atoms with Crippen LogP contribution < -0.4 is 0 Å². The van der Waals surface area contributed by atoms with Crippen LogP contribution >= 0.6 is 15.9 Å². The van der Waals surface area contributed by atoms with Crippen molar-refractivity contribution < 1.29 is 0 Å². The fourth-order valence-corrected chi connectivity index (χ4v) is 6.00. The number of alkyl halides is 1. The van der Waals surface area contributed by atoms with Gasteiger partial charge in [0.05, 0.1) is 0 Å². The summed E-state index contributed by atoms with van der Waals surface area (Å²) in [6.45, 7) is 4.89. The average molecular weight is 343 g/mol. The Hall–Kier alpha value is -0.820. The van der Waals surface area contributed by atoms with Crippen LogP contribution in [0.25, 0.3) is 10.8 Å². The largest absolute Gasteiger partial charge is 0.0835 e. The van der Waals surface area contributed by atoms with E-state index < -0.39 is 0 Å². The second-order valence-electron chi connectivity index (χ2n) is 7.54. The van der Waals surface area contributed by atoms with E-state index in [0.29, 0.717) is 10.2 Å². The molecule has 0 N–H and O–H groups in total. The molecule has 2 unspecified atom stereocenters. The summed E-state index contributed by atoms with van der Waals surface area (Å²) in [6, 6.07) is 11.7. The molecule has 0 aliphatic heterocycles. The maximum Gasteiger partial charge on any atom is 0.0434 e. The van der Waals surface area contributed by atoms with Crippen molar-refractivity contribution in [3.05, 3.63) is 47.0 Å². The molecule has 0 aromatic heterocycles. The second-order valence-corrected chi connectivity index (χ2v) is 8.53. The van der Waals surface area contributed by atoms with Crippen LogP contribution in [0.1, 0.15) is 54.6 Å². The van der Waals surface area contributed by atoms with Gasteiger partial charge in [-0.1, -0.05) is 66.5 Å². The van der Waals surface area contributed by atoms with Crippen molar-refractivity contribution in [2.75, 3.05) is 0 Å². The highest BCUT2D eigenvalue weighted by atomic mass is 79.9. The van der Waals surface area contributed by atoms with Crippen LogP contribution in [0.4, 0.5) is 0 Å². The minimum atomic E-state index is 0.455. The Morgan fingerprint density at radius 2 is 1.86 bits per heavy atom. The summed E-state index contributed by atoms with van der Waals surface area (Å²) in [6.07, 6.45) is 6.53. The second kappa shape index (κ2) is 4.84. The van der Waals surface area contributed by atoms with E-state index >= 15 is 0 Å². The number of aryl methyl sites for hydroxylation is 2. The van der Waals surface area contributed by atoms with E-state index in [0.717, 1.165) is 5.92 Å². The van der Waals surface area contributed by atoms with E-state index in [9.17, 15) is 0 Å². The van der Waals surface area contributed by atoms with E-state index in [1.807, 2.05) is 0 Å². The fraction of sp³-hybridized carbons (Fsp3) is 0.500. The Morgan fingerprint density at radius 3 is 2.57 bits per heavy atom. The first-order chi connectivity index (χ1) is 10.1. The molecule has 2 aromatic carbocycles. The molecular formula is C20H23Br. The standard InChI is InChI=1S/C20H23Br/c1-20(2)12-4-7-17(20)19(21)16-11-10-14-9-8-13-5-3-6-15(16)18(13)14/h3,5-6,10-11,17,19H,4,7-9,12H2,1-2H3. The van der Waals surface area contributed by atoms with Gasteiger partial charge in [0.25, 0.3) is 0 Å². The predicted octanol–water partition coefficient (Wildman–Crippen LogP) is 6.20. The topological polar surface area (TPSA) is 0 Å². The summed E-state index contributed by atoms with van der Waals surface area (Å²) < 4.78 is 0. The van der Waals surface area contributed by atoms with Crippen molar-refractivity contribution in [1.82, 2.24) is 0 Å². The molecule has 0 heterocycles. The van der Waals surface area contributed by atoms with Gasteiger partial charge in [0.15, 0.2) is 0 Å². The van der Waals surface area contributed by atoms with Crippen LogP contribution in [0.3, 0.4) is 0 Å². The van der Waals surface area contributed by atoms with Gasteiger partial charge in [-0.3, -0.25) is 0 Å². The van der Waals surface area contributed by atoms with Crippen molar-refractivity contribution in [2.45, 2.75) is 50.8 Å². The summed E-state index contributed by atoms with van der Waals surface area (Å²) >= 11 is 4.08. The van der Waals surface area contributed by atoms with Crippen LogP contribution in [-0.2, 0) is 12.8 Å². The molecule has 2 aliphatic carbocycles. The van der Waals surface area contributed by atoms with Gasteiger partial charge in [0.1, 0.15) is 0 Å². The lowest BCUT2D eigenvalue weighted by atomic mass is 9.77. The lowest BCUT2D eigenvalue weighted by Crippen LogP contribution is -2.21. The van der Waals surface area contributed by atoms with Crippen LogP contribution in [0.15, 0.2) is 30.3 Å². The number of rotatable bonds is 2. The van der Waals surface area contributed by atoms with Crippen molar-refractivity contribution in [3.8, 4) is 0 Å². The molecule has 0 bridgehead atoms. The first-order valence-electron chi connectivity index (χ1n) is 8.25. The summed E-state index contributed by atoms with van der Waals surface area (Å²) in [5.41, 5.74) is 5.07. The van der Waals surface area contributed by atoms with Crippen molar-refractivity contribution in [3.63, 3.8) is 0 Å². The SMILES string of the molecule is CC1(C)CCCC1C(Br)c1ccc2c3c(cccc13)CC2. The molecule has 0 amide bonds. The molecule has 2 aliphatic rings. The molecule has 0 nitrogen and oxygen atoms in total. The van der Waals surface area contributed by atoms with E-state index in [1.54, 1.807) is 16.5 Å². The lowest BCUT2D eigenvalue weighted by Gasteiger charge is -2.32. The van der Waals surface area contributed by atoms with Gasteiger partial charge in [-0.15, -0.1) is 0 Å². The van der Waals surface area contributed by atoms with E-state index in [-0.39, 0.29) is 0 Å². The Bertz CT molecular complexity index is 688. The van der Waals surface area contributed by atoms with Crippen LogP contribution in [0, 0.1) is 11.3 Å². The molecule has 2 aromatic rings. The molecule has 2 atom stereocenters. The third-order valence-electron chi connectivity index (χ3n) is 5.90. The van der Waals surface area contributed by atoms with Gasteiger partial charge in [-0.2, -0.15) is 0 Å². The highest BCUT2D eigenvalue weighted by Crippen LogP contribution is 2.53. The molecule has 0 spiro atoms. The van der Waals surface area contributed by atoms with Crippen molar-refractivity contribution >= 4 is 26.7 Å². The average Bonchev–Trinajstić information content (AvgIpc) is 3.03. The molecule has 1 saturated carbocycles. The Balaban J connectivity index is 1.85. The molecule has 110 valence electrons. The first kappa shape index (κ1) is 13.8. The molecule has 4 rings (SSSR count). The molecule has 0 saturated heterocycles. The van der Waals surface area contributed by atoms with Crippen LogP contribution in [0.2, 0.25) is 0 Å². The number of hydrogen-bond acceptors (Lipinski definition) is 0. The smallest absolute Gasteiger partial charge is 0.0434 e. The van der Waals surface area contributed by atoms with E-state index in [1.165, 1.54) is 43.1 Å². The minimum absolute atomic E-state index is 0.455. The zero-order valence-corrected chi connectivity index (χ0v) is 14.5. The number of hydrogen-bond donors (Lipinski definition) is 0. The van der Waals surface area contributed by atoms with E-state index in [4.69, 9.17) is 0 Å². The Labute approximate surface area is 136 Å². The van der Waals surface area contributed by atoms with Crippen molar-refractivity contribution in [1.29, 1.82) is 0 Å². The maximum absolute atomic E-state index is 4.08. The first-order valence-corrected chi connectivity index (χ1v) is 9.17. The third kappa shape index (κ3) is 2.08. The summed E-state index contributed by atoms with van der Waals surface area (Å²) in [5, 5.41) is 3.04. The normalized spacial score (nSPS) is 24.6. The Kier molecular flexibility index (Phi) is 3.19. The highest BCUT2D eigenvalue weighted by molar-refractivity contribution is 9.09. The summed E-state index contributed by atoms with van der Waals surface area (Å²) in [7, 11) is 0. The van der Waals surface area contributed by atoms with Gasteiger partial charge in [0, 0.05) is 4.83 Å². The highest BCUT2D eigenvalue weighted by Gasteiger charge is 2.39. The fourth-order valence-electron chi connectivity index (χ4n) is 4.62. The summed E-state index contributed by atoms with van der Waals surface area (Å²) in [4.78, 5) is 0.486. The van der Waals surface area contributed by atoms with Gasteiger partial charge in [0.2, 0.25) is 0 Å². The van der Waals surface area contributed by atoms with Crippen molar-refractivity contribution in [2.24, 2.45) is 11.3 Å². The van der Waals surface area contributed by atoms with Gasteiger partial charge in [-0.25, -0.2) is 0 Å². The van der Waals surface area contributed by atoms with Gasteiger partial charge >= 0.3 is 0 Å². The summed E-state index contributed by atoms with van der Waals surface area (Å²) in [5.74, 6) is 0.746. The number of halogens is 1. The molecule has 0 radical (unpaired) electrons. The quantitative estimate of drug-likeness (QED) is 0.570. The van der Waals surface area contributed by atoms with E-state index in [2.05, 4.69) is 60.1 Å². The monoisotopic (exact) mass is 342 g/mol. The van der Waals surface area contributed by atoms with Crippen LogP contribution in [0.5, 0.6) is 0 Å². The molecule has 1 fully saturated rings. The molecular weight excluding hydrogens is 320 g/mol. The van der Waals surface area contributed by atoms with Gasteiger partial charge in [-0.05, 0) is 64.5 Å². The molecule has 1 heteroatoms. The zero-order chi connectivity index (χ0) is 14.6. The maximum atomic E-state index is 4.08. The van der Waals surface area contributed by atoms with Crippen LogP contribution in [-0.4, -0.2) is 0 Å². The minimum Gasteiger partial charge on any atom is -0.0835 e. The van der Waals surface area contributed by atoms with Gasteiger partial charge < -0.3 is 0 Å². The lowest BCUT2D eigenvalue weighted by molar-refractivity contribution is 0.257. The predicted molar refractivity (Wildman–Crippen MR) is 94.1 cm³/mol.